The average Bonchev–Trinajstić information content (AvgIpc) is 2.52. The lowest BCUT2D eigenvalue weighted by Gasteiger charge is -2.18. The van der Waals surface area contributed by atoms with Crippen molar-refractivity contribution >= 4 is 13.8 Å². The van der Waals surface area contributed by atoms with E-state index in [1.165, 1.54) is 0 Å². The number of hydrogen-bond donors (Lipinski definition) is 0. The van der Waals surface area contributed by atoms with Gasteiger partial charge < -0.3 is 4.74 Å². The summed E-state index contributed by atoms with van der Waals surface area (Å²) in [6.07, 6.45) is 5.67. The monoisotopic (exact) mass is 350 g/mol. The van der Waals surface area contributed by atoms with E-state index in [0.717, 1.165) is 38.5 Å². The topological polar surface area (TPSA) is 71.1 Å². The van der Waals surface area contributed by atoms with Crippen molar-refractivity contribution in [3.63, 3.8) is 0 Å². The molecular weight excluding hydrogens is 319 g/mol. The molecule has 0 saturated heterocycles. The van der Waals surface area contributed by atoms with Gasteiger partial charge in [-0.15, -0.1) is 0 Å². The number of hydrogen-bond acceptors (Lipinski definition) is 6. The van der Waals surface area contributed by atoms with Gasteiger partial charge in [0, 0.05) is 5.57 Å². The SMILES string of the molecule is C=C(C)C(=O)OCCOP(=O)(OCCCCC)OCCCCC. The van der Waals surface area contributed by atoms with E-state index in [0.29, 0.717) is 18.8 Å². The van der Waals surface area contributed by atoms with Crippen LogP contribution in [-0.2, 0) is 27.7 Å². The van der Waals surface area contributed by atoms with Crippen molar-refractivity contribution in [2.24, 2.45) is 0 Å². The zero-order valence-electron chi connectivity index (χ0n) is 14.7. The summed E-state index contributed by atoms with van der Waals surface area (Å²) >= 11 is 0. The van der Waals surface area contributed by atoms with E-state index in [4.69, 9.17) is 18.3 Å². The van der Waals surface area contributed by atoms with Crippen LogP contribution in [0.2, 0.25) is 0 Å². The maximum Gasteiger partial charge on any atom is 0.474 e. The fraction of sp³-hybridized carbons (Fsp3) is 0.812. The van der Waals surface area contributed by atoms with Gasteiger partial charge in [0.1, 0.15) is 6.61 Å². The van der Waals surface area contributed by atoms with E-state index in [2.05, 4.69) is 20.4 Å². The second kappa shape index (κ2) is 13.7. The Morgan fingerprint density at radius 3 is 1.78 bits per heavy atom. The zero-order valence-corrected chi connectivity index (χ0v) is 15.6. The van der Waals surface area contributed by atoms with Crippen molar-refractivity contribution in [3.8, 4) is 0 Å². The summed E-state index contributed by atoms with van der Waals surface area (Å²) in [5.74, 6) is -0.504. The molecule has 0 atom stereocenters. The van der Waals surface area contributed by atoms with Crippen LogP contribution < -0.4 is 0 Å². The Labute approximate surface area is 140 Å². The predicted octanol–water partition coefficient (Wildman–Crippen LogP) is 4.64. The fourth-order valence-corrected chi connectivity index (χ4v) is 2.80. The lowest BCUT2D eigenvalue weighted by atomic mass is 10.3. The molecule has 0 fully saturated rings. The number of carbonyl (C=O) groups excluding carboxylic acids is 1. The molecule has 0 aromatic heterocycles. The van der Waals surface area contributed by atoms with Crippen LogP contribution in [-0.4, -0.2) is 32.4 Å². The standard InChI is InChI=1S/C16H31O6P/c1-5-7-9-11-20-23(18,21-12-10-8-6-2)22-14-13-19-16(17)15(3)4/h3,5-14H2,1-2,4H3. The van der Waals surface area contributed by atoms with Gasteiger partial charge in [0.25, 0.3) is 0 Å². The van der Waals surface area contributed by atoms with Crippen molar-refractivity contribution in [3.05, 3.63) is 12.2 Å². The Bertz CT molecular complexity index is 367. The average molecular weight is 350 g/mol. The lowest BCUT2D eigenvalue weighted by molar-refractivity contribution is -0.139. The normalized spacial score (nSPS) is 11.4. The highest BCUT2D eigenvalue weighted by Crippen LogP contribution is 2.49. The van der Waals surface area contributed by atoms with Gasteiger partial charge in [0.15, 0.2) is 0 Å². The number of ether oxygens (including phenoxy) is 1. The van der Waals surface area contributed by atoms with Crippen LogP contribution >= 0.6 is 7.82 Å². The molecular formula is C16H31O6P. The van der Waals surface area contributed by atoms with Gasteiger partial charge in [-0.1, -0.05) is 46.1 Å². The quantitative estimate of drug-likeness (QED) is 0.185. The molecule has 7 heteroatoms. The van der Waals surface area contributed by atoms with Crippen molar-refractivity contribution in [1.29, 1.82) is 0 Å². The summed E-state index contributed by atoms with van der Waals surface area (Å²) in [5.41, 5.74) is 0.305. The van der Waals surface area contributed by atoms with Gasteiger partial charge in [-0.05, 0) is 19.8 Å². The van der Waals surface area contributed by atoms with Crippen molar-refractivity contribution < 1.29 is 27.7 Å². The molecule has 0 aliphatic rings. The van der Waals surface area contributed by atoms with Crippen molar-refractivity contribution in [1.82, 2.24) is 0 Å². The minimum Gasteiger partial charge on any atom is -0.460 e. The summed E-state index contributed by atoms with van der Waals surface area (Å²) in [6.45, 7) is 9.77. The smallest absolute Gasteiger partial charge is 0.460 e. The minimum atomic E-state index is -3.60. The molecule has 0 heterocycles. The number of carbonyl (C=O) groups is 1. The molecule has 6 nitrogen and oxygen atoms in total. The fourth-order valence-electron chi connectivity index (χ4n) is 1.58. The maximum atomic E-state index is 12.5. The number of rotatable bonds is 15. The molecule has 0 N–H and O–H groups in total. The molecule has 0 saturated carbocycles. The number of unbranched alkanes of at least 4 members (excludes halogenated alkanes) is 4. The van der Waals surface area contributed by atoms with Gasteiger partial charge in [-0.3, -0.25) is 13.6 Å². The minimum absolute atomic E-state index is 0.0215. The second-order valence-corrected chi connectivity index (χ2v) is 6.95. The molecule has 0 rings (SSSR count). The Morgan fingerprint density at radius 2 is 1.35 bits per heavy atom. The predicted molar refractivity (Wildman–Crippen MR) is 90.3 cm³/mol. The van der Waals surface area contributed by atoms with Gasteiger partial charge >= 0.3 is 13.8 Å². The van der Waals surface area contributed by atoms with Gasteiger partial charge in [0.05, 0.1) is 19.8 Å². The molecule has 0 bridgehead atoms. The van der Waals surface area contributed by atoms with Crippen molar-refractivity contribution in [2.75, 3.05) is 26.4 Å². The van der Waals surface area contributed by atoms with Gasteiger partial charge in [-0.2, -0.15) is 0 Å². The van der Waals surface area contributed by atoms with E-state index < -0.39 is 13.8 Å². The van der Waals surface area contributed by atoms with Gasteiger partial charge in [0.2, 0.25) is 0 Å². The number of esters is 1. The van der Waals surface area contributed by atoms with E-state index in [1.807, 2.05) is 0 Å². The third-order valence-corrected chi connectivity index (χ3v) is 4.41. The van der Waals surface area contributed by atoms with Crippen LogP contribution in [0.5, 0.6) is 0 Å². The zero-order chi connectivity index (χ0) is 17.6. The Hall–Kier alpha value is -0.680. The first kappa shape index (κ1) is 22.3. The van der Waals surface area contributed by atoms with Gasteiger partial charge in [-0.25, -0.2) is 9.36 Å². The van der Waals surface area contributed by atoms with E-state index in [9.17, 15) is 9.36 Å². The maximum absolute atomic E-state index is 12.5. The largest absolute Gasteiger partial charge is 0.474 e. The molecule has 0 aliphatic carbocycles. The van der Waals surface area contributed by atoms with Crippen LogP contribution in [0.25, 0.3) is 0 Å². The first-order valence-electron chi connectivity index (χ1n) is 8.31. The molecule has 0 unspecified atom stereocenters. The van der Waals surface area contributed by atoms with E-state index in [-0.39, 0.29) is 13.2 Å². The Kier molecular flexibility index (Phi) is 13.3. The molecule has 0 aromatic rings. The molecule has 0 amide bonds. The molecule has 0 aliphatic heterocycles. The van der Waals surface area contributed by atoms with Crippen molar-refractivity contribution in [2.45, 2.75) is 59.3 Å². The number of phosphoric acid groups is 1. The van der Waals surface area contributed by atoms with E-state index in [1.54, 1.807) is 6.92 Å². The first-order valence-corrected chi connectivity index (χ1v) is 9.77. The van der Waals surface area contributed by atoms with Crippen LogP contribution in [0.1, 0.15) is 59.3 Å². The molecule has 0 radical (unpaired) electrons. The summed E-state index contributed by atoms with van der Waals surface area (Å²) in [4.78, 5) is 11.2. The highest BCUT2D eigenvalue weighted by molar-refractivity contribution is 7.48. The highest BCUT2D eigenvalue weighted by atomic mass is 31.2. The molecule has 0 spiro atoms. The van der Waals surface area contributed by atoms with Crippen LogP contribution in [0.3, 0.4) is 0 Å². The summed E-state index contributed by atoms with van der Waals surface area (Å²) in [6, 6.07) is 0. The lowest BCUT2D eigenvalue weighted by Crippen LogP contribution is -2.12. The molecule has 136 valence electrons. The Balaban J connectivity index is 4.20. The van der Waals surface area contributed by atoms with E-state index >= 15 is 0 Å². The molecule has 23 heavy (non-hydrogen) atoms. The summed E-state index contributed by atoms with van der Waals surface area (Å²) in [7, 11) is -3.60. The van der Waals surface area contributed by atoms with Crippen LogP contribution in [0.4, 0.5) is 0 Å². The van der Waals surface area contributed by atoms with Crippen LogP contribution in [0.15, 0.2) is 12.2 Å². The second-order valence-electron chi connectivity index (χ2n) is 5.28. The third kappa shape index (κ3) is 12.4. The molecule has 0 aromatic carbocycles. The first-order chi connectivity index (χ1) is 10.9. The summed E-state index contributed by atoms with van der Waals surface area (Å²) in [5, 5.41) is 0. The summed E-state index contributed by atoms with van der Waals surface area (Å²) < 4.78 is 33.2. The third-order valence-electron chi connectivity index (χ3n) is 2.91. The Morgan fingerprint density at radius 1 is 0.870 bits per heavy atom. The van der Waals surface area contributed by atoms with Crippen LogP contribution in [0, 0.1) is 0 Å². The number of phosphoric ester groups is 1. The highest BCUT2D eigenvalue weighted by Gasteiger charge is 2.26.